The van der Waals surface area contributed by atoms with Gasteiger partial charge in [0.2, 0.25) is 16.5 Å². The van der Waals surface area contributed by atoms with Gasteiger partial charge in [-0.15, -0.1) is 4.33 Å². The topological polar surface area (TPSA) is 61.8 Å². The molecule has 1 unspecified atom stereocenters. The molecule has 4 nitrogen and oxygen atoms in total. The molecule has 124 valence electrons. The average molecular weight is 360 g/mol. The molecule has 22 heavy (non-hydrogen) atoms. The van der Waals surface area contributed by atoms with Crippen molar-refractivity contribution in [2.75, 3.05) is 0 Å². The Labute approximate surface area is 131 Å². The van der Waals surface area contributed by atoms with Gasteiger partial charge in [0.1, 0.15) is 10.1 Å². The van der Waals surface area contributed by atoms with Crippen molar-refractivity contribution in [1.82, 2.24) is 0 Å². The molecule has 1 saturated carbocycles. The first-order valence-corrected chi connectivity index (χ1v) is 8.35. The van der Waals surface area contributed by atoms with Gasteiger partial charge in [-0.2, -0.15) is 8.78 Å². The Balaban J connectivity index is 2.39. The highest BCUT2D eigenvalue weighted by Crippen LogP contribution is 2.37. The van der Waals surface area contributed by atoms with Crippen molar-refractivity contribution in [3.8, 4) is 0 Å². The van der Waals surface area contributed by atoms with E-state index in [1.807, 2.05) is 0 Å². The third kappa shape index (κ3) is 3.52. The van der Waals surface area contributed by atoms with E-state index in [9.17, 15) is 22.1 Å². The van der Waals surface area contributed by atoms with Gasteiger partial charge in [0.25, 0.3) is 0 Å². The van der Waals surface area contributed by atoms with Crippen LogP contribution < -0.4 is 0 Å². The van der Waals surface area contributed by atoms with Gasteiger partial charge in [0, 0.05) is 0 Å². The largest absolute Gasteiger partial charge is 0.611 e. The lowest BCUT2D eigenvalue weighted by molar-refractivity contribution is -0.432. The summed E-state index contributed by atoms with van der Waals surface area (Å²) in [5, 5.41) is 10.5. The van der Waals surface area contributed by atoms with Gasteiger partial charge in [0.15, 0.2) is 11.6 Å². The minimum Gasteiger partial charge on any atom is -0.611 e. The summed E-state index contributed by atoms with van der Waals surface area (Å²) in [6.45, 7) is 0. The number of benzene rings is 1. The highest BCUT2D eigenvalue weighted by Gasteiger charge is 2.37. The lowest BCUT2D eigenvalue weighted by Gasteiger charge is -2.25. The van der Waals surface area contributed by atoms with Gasteiger partial charge in [-0.3, -0.25) is 0 Å². The van der Waals surface area contributed by atoms with E-state index in [-0.39, 0.29) is 12.0 Å². The van der Waals surface area contributed by atoms with E-state index in [1.54, 1.807) is 0 Å². The Morgan fingerprint density at radius 1 is 1.00 bits per heavy atom. The number of hydrogen-bond donors (Lipinski definition) is 1. The molecule has 1 fully saturated rings. The smallest absolute Gasteiger partial charge is 0.230 e. The molecule has 0 heterocycles. The number of rotatable bonds is 5. The molecule has 0 bridgehead atoms. The maximum Gasteiger partial charge on any atom is 0.230 e. The fourth-order valence-corrected chi connectivity index (χ4v) is 4.39. The summed E-state index contributed by atoms with van der Waals surface area (Å²) >= 11 is -2.43. The predicted molar refractivity (Wildman–Crippen MR) is 70.2 cm³/mol. The minimum atomic E-state index is -2.19. The fraction of sp³-hybridized carbons (Fsp3) is 0.500. The quantitative estimate of drug-likeness (QED) is 0.214. The van der Waals surface area contributed by atoms with Crippen LogP contribution in [0, 0.1) is 23.3 Å². The lowest BCUT2D eigenvalue weighted by atomic mass is 10.0. The third-order valence-corrected chi connectivity index (χ3v) is 5.88. The van der Waals surface area contributed by atoms with Crippen molar-refractivity contribution >= 4 is 23.2 Å². The Morgan fingerprint density at radius 3 is 2.05 bits per heavy atom. The molecule has 0 saturated heterocycles. The molecule has 1 aromatic carbocycles. The molecule has 0 aliphatic heterocycles. The molecule has 0 spiro atoms. The van der Waals surface area contributed by atoms with Crippen molar-refractivity contribution in [3.05, 3.63) is 23.3 Å². The van der Waals surface area contributed by atoms with Crippen LogP contribution in [0.15, 0.2) is 9.79 Å². The van der Waals surface area contributed by atoms with Crippen LogP contribution in [-0.4, -0.2) is 15.1 Å². The van der Waals surface area contributed by atoms with Gasteiger partial charge in [-0.1, -0.05) is 11.5 Å². The maximum absolute atomic E-state index is 14.0. The van der Waals surface area contributed by atoms with E-state index in [0.717, 1.165) is 19.3 Å². The van der Waals surface area contributed by atoms with Crippen molar-refractivity contribution in [3.63, 3.8) is 0 Å². The molecule has 0 aromatic heterocycles. The summed E-state index contributed by atoms with van der Waals surface area (Å²) in [6, 6.07) is 0. The average Bonchev–Trinajstić information content (AvgIpc) is 2.54. The molecule has 10 heteroatoms. The zero-order valence-corrected chi connectivity index (χ0v) is 12.7. The van der Waals surface area contributed by atoms with E-state index in [2.05, 4.69) is 9.37 Å². The van der Waals surface area contributed by atoms with Crippen LogP contribution in [0.1, 0.15) is 32.1 Å². The SMILES string of the molecule is [O-][S+](c1c(F)c(F)c(SOOO)c(F)c1F)C1CCCCC1. The van der Waals surface area contributed by atoms with E-state index in [4.69, 9.17) is 5.26 Å². The molecule has 2 rings (SSSR count). The van der Waals surface area contributed by atoms with Crippen LogP contribution >= 0.6 is 12.0 Å². The number of halogens is 4. The van der Waals surface area contributed by atoms with Crippen molar-refractivity contribution in [2.24, 2.45) is 0 Å². The van der Waals surface area contributed by atoms with Crippen molar-refractivity contribution in [1.29, 1.82) is 0 Å². The summed E-state index contributed by atoms with van der Waals surface area (Å²) in [7, 11) is 0. The molecule has 0 radical (unpaired) electrons. The second-order valence-electron chi connectivity index (χ2n) is 4.70. The first-order valence-electron chi connectivity index (χ1n) is 6.40. The van der Waals surface area contributed by atoms with E-state index < -0.39 is 49.5 Å². The standard InChI is InChI=1S/C12H12F4O4S2/c13-7-9(15)12(22(18)6-4-2-1-3-5-6)10(16)8(14)11(7)21-20-19-17/h6,17H,1-5H2. The Kier molecular flexibility index (Phi) is 6.36. The number of hydrogen-bond acceptors (Lipinski definition) is 5. The third-order valence-electron chi connectivity index (χ3n) is 3.39. The highest BCUT2D eigenvalue weighted by atomic mass is 32.2. The fourth-order valence-electron chi connectivity index (χ4n) is 2.34. The van der Waals surface area contributed by atoms with Crippen molar-refractivity contribution in [2.45, 2.75) is 47.1 Å². The van der Waals surface area contributed by atoms with Crippen LogP contribution in [0.4, 0.5) is 17.6 Å². The molecule has 1 aromatic rings. The Morgan fingerprint density at radius 2 is 1.55 bits per heavy atom. The second kappa shape index (κ2) is 7.84. The van der Waals surface area contributed by atoms with E-state index in [0.29, 0.717) is 12.8 Å². The monoisotopic (exact) mass is 360 g/mol. The van der Waals surface area contributed by atoms with Crippen molar-refractivity contribution < 1.29 is 36.7 Å². The zero-order chi connectivity index (χ0) is 16.3. The Bertz CT molecular complexity index is 511. The molecular weight excluding hydrogens is 348 g/mol. The minimum absolute atomic E-state index is 0.243. The van der Waals surface area contributed by atoms with E-state index >= 15 is 0 Å². The summed E-state index contributed by atoms with van der Waals surface area (Å²) in [5.41, 5.74) is 0. The first-order chi connectivity index (χ1) is 10.5. The second-order valence-corrected chi connectivity index (χ2v) is 7.08. The first kappa shape index (κ1) is 17.8. The summed E-state index contributed by atoms with van der Waals surface area (Å²) < 4.78 is 71.6. The van der Waals surface area contributed by atoms with Gasteiger partial charge in [-0.05, 0) is 36.9 Å². The molecule has 1 aliphatic rings. The summed E-state index contributed by atoms with van der Waals surface area (Å²) in [5.74, 6) is -6.96. The summed E-state index contributed by atoms with van der Waals surface area (Å²) in [4.78, 5) is -2.27. The van der Waals surface area contributed by atoms with E-state index in [1.165, 1.54) is 0 Å². The molecule has 1 atom stereocenters. The van der Waals surface area contributed by atoms with Crippen LogP contribution in [0.25, 0.3) is 0 Å². The molecular formula is C12H12F4O4S2. The van der Waals surface area contributed by atoms with Gasteiger partial charge < -0.3 is 4.55 Å². The van der Waals surface area contributed by atoms with Crippen LogP contribution in [0.5, 0.6) is 0 Å². The highest BCUT2D eigenvalue weighted by molar-refractivity contribution is 7.94. The Hall–Kier alpha value is -0.520. The maximum atomic E-state index is 14.0. The van der Waals surface area contributed by atoms with Crippen LogP contribution in [-0.2, 0) is 20.5 Å². The lowest BCUT2D eigenvalue weighted by Crippen LogP contribution is -2.27. The van der Waals surface area contributed by atoms with Gasteiger partial charge in [0.05, 0.1) is 12.0 Å². The molecule has 0 amide bonds. The molecule has 1 N–H and O–H groups in total. The van der Waals surface area contributed by atoms with Crippen LogP contribution in [0.3, 0.4) is 0 Å². The van der Waals surface area contributed by atoms with Crippen LogP contribution in [0.2, 0.25) is 0 Å². The predicted octanol–water partition coefficient (Wildman–Crippen LogP) is 4.11. The molecule has 1 aliphatic carbocycles. The zero-order valence-electron chi connectivity index (χ0n) is 11.1. The normalized spacial score (nSPS) is 17.7. The summed E-state index contributed by atoms with van der Waals surface area (Å²) in [6.07, 6.45) is 3.38. The van der Waals surface area contributed by atoms with Gasteiger partial charge >= 0.3 is 0 Å². The van der Waals surface area contributed by atoms with Gasteiger partial charge in [-0.25, -0.2) is 14.0 Å².